The molecule has 2 aromatic heterocycles. The van der Waals surface area contributed by atoms with Gasteiger partial charge >= 0.3 is 0 Å². The average Bonchev–Trinajstić information content (AvgIpc) is 3.66. The highest BCUT2D eigenvalue weighted by atomic mass is 16.5. The van der Waals surface area contributed by atoms with Gasteiger partial charge in [0, 0.05) is 61.9 Å². The first-order valence-corrected chi connectivity index (χ1v) is 11.9. The number of aromatic nitrogens is 4. The average molecular weight is 467 g/mol. The molecule has 2 aliphatic heterocycles. The summed E-state index contributed by atoms with van der Waals surface area (Å²) in [4.78, 5) is 23.9. The molecule has 8 nitrogen and oxygen atoms in total. The van der Waals surface area contributed by atoms with E-state index >= 15 is 0 Å². The summed E-state index contributed by atoms with van der Waals surface area (Å²) in [6.07, 6.45) is 6.98. The normalized spacial score (nSPS) is 16.9. The van der Waals surface area contributed by atoms with Crippen LogP contribution in [-0.4, -0.2) is 44.2 Å². The van der Waals surface area contributed by atoms with Crippen molar-refractivity contribution >= 4 is 17.4 Å². The number of nitrogens with zero attached hydrogens (tertiary/aromatic N) is 4. The summed E-state index contributed by atoms with van der Waals surface area (Å²) in [6, 6.07) is 16.2. The standard InChI is InChI=1S/C27H26N6O2/c34-26(11-18-8-10-35-17-18)33-15-21-2-1-20(12-22(21)16-33)27-28-9-7-25(32-27)31-24-5-3-19(4-6-24)23-13-29-30-14-23/h1-7,9,12-14,18H,8,10-11,15-17H2,(H,29,30)(H,28,31,32). The van der Waals surface area contributed by atoms with Gasteiger partial charge in [-0.1, -0.05) is 24.3 Å². The predicted molar refractivity (Wildman–Crippen MR) is 133 cm³/mol. The Balaban J connectivity index is 1.14. The number of benzene rings is 2. The Morgan fingerprint density at radius 1 is 1.06 bits per heavy atom. The number of fused-ring (bicyclic) bond motifs is 1. The molecule has 1 atom stereocenters. The van der Waals surface area contributed by atoms with E-state index in [0.29, 0.717) is 37.9 Å². The minimum atomic E-state index is 0.208. The Morgan fingerprint density at radius 3 is 2.71 bits per heavy atom. The number of hydrogen-bond donors (Lipinski definition) is 2. The molecular weight excluding hydrogens is 440 g/mol. The number of hydrogen-bond acceptors (Lipinski definition) is 6. The third-order valence-electron chi connectivity index (χ3n) is 6.67. The van der Waals surface area contributed by atoms with Crippen LogP contribution in [0.2, 0.25) is 0 Å². The lowest BCUT2D eigenvalue weighted by atomic mass is 10.0. The number of carbonyl (C=O) groups is 1. The molecule has 1 unspecified atom stereocenters. The number of carbonyl (C=O) groups excluding carboxylic acids is 1. The first kappa shape index (κ1) is 21.5. The van der Waals surface area contributed by atoms with Crippen LogP contribution in [-0.2, 0) is 22.6 Å². The molecule has 1 amide bonds. The van der Waals surface area contributed by atoms with Gasteiger partial charge in [0.25, 0.3) is 0 Å². The van der Waals surface area contributed by atoms with E-state index in [1.165, 1.54) is 5.56 Å². The molecule has 0 saturated carbocycles. The van der Waals surface area contributed by atoms with Gasteiger partial charge in [-0.3, -0.25) is 9.89 Å². The van der Waals surface area contributed by atoms with Gasteiger partial charge in [-0.15, -0.1) is 0 Å². The number of amides is 1. The summed E-state index contributed by atoms with van der Waals surface area (Å²) >= 11 is 0. The Hall–Kier alpha value is -4.04. The van der Waals surface area contributed by atoms with E-state index in [0.717, 1.165) is 46.8 Å². The van der Waals surface area contributed by atoms with Crippen LogP contribution in [0.1, 0.15) is 24.0 Å². The fourth-order valence-corrected chi connectivity index (χ4v) is 4.70. The topological polar surface area (TPSA) is 96.0 Å². The van der Waals surface area contributed by atoms with Gasteiger partial charge in [-0.25, -0.2) is 9.97 Å². The molecule has 4 aromatic rings. The number of nitrogens with one attached hydrogen (secondary N) is 2. The highest BCUT2D eigenvalue weighted by Crippen LogP contribution is 2.29. The second kappa shape index (κ2) is 9.31. The number of anilines is 2. The number of ether oxygens (including phenoxy) is 1. The zero-order valence-electron chi connectivity index (χ0n) is 19.3. The van der Waals surface area contributed by atoms with Gasteiger partial charge in [0.15, 0.2) is 5.82 Å². The van der Waals surface area contributed by atoms with Crippen LogP contribution in [0.15, 0.2) is 67.1 Å². The van der Waals surface area contributed by atoms with Gasteiger partial charge < -0.3 is 15.0 Å². The molecule has 35 heavy (non-hydrogen) atoms. The molecule has 176 valence electrons. The molecule has 0 aliphatic carbocycles. The van der Waals surface area contributed by atoms with Crippen molar-refractivity contribution in [3.63, 3.8) is 0 Å². The summed E-state index contributed by atoms with van der Waals surface area (Å²) in [5, 5.41) is 10.2. The maximum atomic E-state index is 12.8. The number of rotatable bonds is 6. The lowest BCUT2D eigenvalue weighted by molar-refractivity contribution is -0.132. The monoisotopic (exact) mass is 466 g/mol. The SMILES string of the molecule is O=C(CC1CCOC1)N1Cc2ccc(-c3nccc(Nc4ccc(-c5cn[nH]c5)cc4)n3)cc2C1. The molecule has 8 heteroatoms. The van der Waals surface area contributed by atoms with Gasteiger partial charge in [-0.05, 0) is 53.3 Å². The second-order valence-corrected chi connectivity index (χ2v) is 9.12. The number of aromatic amines is 1. The summed E-state index contributed by atoms with van der Waals surface area (Å²) in [5.74, 6) is 1.94. The Labute approximate surface area is 203 Å². The molecule has 1 saturated heterocycles. The quantitative estimate of drug-likeness (QED) is 0.433. The van der Waals surface area contributed by atoms with Crippen LogP contribution in [0.4, 0.5) is 11.5 Å². The van der Waals surface area contributed by atoms with E-state index in [4.69, 9.17) is 9.72 Å². The second-order valence-electron chi connectivity index (χ2n) is 9.12. The van der Waals surface area contributed by atoms with Crippen LogP contribution >= 0.6 is 0 Å². The fraction of sp³-hybridized carbons (Fsp3) is 0.259. The van der Waals surface area contributed by atoms with Crippen molar-refractivity contribution in [2.45, 2.75) is 25.9 Å². The van der Waals surface area contributed by atoms with Gasteiger partial charge in [-0.2, -0.15) is 5.10 Å². The summed E-state index contributed by atoms with van der Waals surface area (Å²) < 4.78 is 5.42. The van der Waals surface area contributed by atoms with Crippen LogP contribution in [0.25, 0.3) is 22.5 Å². The molecule has 2 aliphatic rings. The van der Waals surface area contributed by atoms with Gasteiger partial charge in [0.2, 0.25) is 5.91 Å². The lowest BCUT2D eigenvalue weighted by Crippen LogP contribution is -2.27. The van der Waals surface area contributed by atoms with Crippen LogP contribution < -0.4 is 5.32 Å². The van der Waals surface area contributed by atoms with Crippen molar-refractivity contribution in [3.8, 4) is 22.5 Å². The van der Waals surface area contributed by atoms with Crippen molar-refractivity contribution in [1.82, 2.24) is 25.1 Å². The van der Waals surface area contributed by atoms with E-state index in [2.05, 4.69) is 32.6 Å². The molecular formula is C27H26N6O2. The van der Waals surface area contributed by atoms with Crippen molar-refractivity contribution in [2.24, 2.45) is 5.92 Å². The number of H-pyrrole nitrogens is 1. The first-order valence-electron chi connectivity index (χ1n) is 11.9. The van der Waals surface area contributed by atoms with Crippen LogP contribution in [0, 0.1) is 5.92 Å². The van der Waals surface area contributed by atoms with Crippen molar-refractivity contribution in [2.75, 3.05) is 18.5 Å². The fourth-order valence-electron chi connectivity index (χ4n) is 4.70. The zero-order valence-corrected chi connectivity index (χ0v) is 19.3. The van der Waals surface area contributed by atoms with Crippen molar-refractivity contribution in [3.05, 3.63) is 78.2 Å². The largest absolute Gasteiger partial charge is 0.381 e. The molecule has 6 rings (SSSR count). The molecule has 0 spiro atoms. The van der Waals surface area contributed by atoms with E-state index in [-0.39, 0.29) is 5.91 Å². The van der Waals surface area contributed by atoms with E-state index in [1.54, 1.807) is 12.4 Å². The minimum Gasteiger partial charge on any atom is -0.381 e. The highest BCUT2D eigenvalue weighted by Gasteiger charge is 2.27. The molecule has 2 N–H and O–H groups in total. The minimum absolute atomic E-state index is 0.208. The first-order chi connectivity index (χ1) is 17.2. The Morgan fingerprint density at radius 2 is 1.91 bits per heavy atom. The zero-order chi connectivity index (χ0) is 23.6. The van der Waals surface area contributed by atoms with Crippen molar-refractivity contribution < 1.29 is 9.53 Å². The molecule has 0 radical (unpaired) electrons. The lowest BCUT2D eigenvalue weighted by Gasteiger charge is -2.17. The smallest absolute Gasteiger partial charge is 0.223 e. The summed E-state index contributed by atoms with van der Waals surface area (Å²) in [5.41, 5.74) is 6.38. The molecule has 1 fully saturated rings. The Kier molecular flexibility index (Phi) is 5.71. The predicted octanol–water partition coefficient (Wildman–Crippen LogP) is 4.55. The van der Waals surface area contributed by atoms with E-state index in [9.17, 15) is 4.79 Å². The maximum absolute atomic E-state index is 12.8. The van der Waals surface area contributed by atoms with Crippen molar-refractivity contribution in [1.29, 1.82) is 0 Å². The van der Waals surface area contributed by atoms with Gasteiger partial charge in [0.05, 0.1) is 6.20 Å². The molecule has 4 heterocycles. The van der Waals surface area contributed by atoms with Crippen LogP contribution in [0.5, 0.6) is 0 Å². The Bertz CT molecular complexity index is 1330. The third kappa shape index (κ3) is 4.65. The van der Waals surface area contributed by atoms with Gasteiger partial charge in [0.1, 0.15) is 5.82 Å². The maximum Gasteiger partial charge on any atom is 0.223 e. The van der Waals surface area contributed by atoms with E-state index in [1.807, 2.05) is 47.5 Å². The summed E-state index contributed by atoms with van der Waals surface area (Å²) in [7, 11) is 0. The highest BCUT2D eigenvalue weighted by molar-refractivity contribution is 5.77. The van der Waals surface area contributed by atoms with Crippen LogP contribution in [0.3, 0.4) is 0 Å². The third-order valence-corrected chi connectivity index (χ3v) is 6.67. The van der Waals surface area contributed by atoms with E-state index < -0.39 is 0 Å². The summed E-state index contributed by atoms with van der Waals surface area (Å²) in [6.45, 7) is 2.77. The molecule has 0 bridgehead atoms. The molecule has 2 aromatic carbocycles.